The van der Waals surface area contributed by atoms with E-state index in [9.17, 15) is 0 Å². The van der Waals surface area contributed by atoms with Crippen LogP contribution in [0.1, 0.15) is 11.6 Å². The van der Waals surface area contributed by atoms with Crippen molar-refractivity contribution in [3.8, 4) is 0 Å². The molecule has 1 aliphatic rings. The highest BCUT2D eigenvalue weighted by Crippen LogP contribution is 2.23. The van der Waals surface area contributed by atoms with Gasteiger partial charge in [0.1, 0.15) is 0 Å². The van der Waals surface area contributed by atoms with Gasteiger partial charge >= 0.3 is 0 Å². The lowest BCUT2D eigenvalue weighted by Crippen LogP contribution is -2.34. The predicted molar refractivity (Wildman–Crippen MR) is 53.5 cm³/mol. The van der Waals surface area contributed by atoms with Crippen LogP contribution in [-0.4, -0.2) is 24.7 Å². The summed E-state index contributed by atoms with van der Waals surface area (Å²) in [6.07, 6.45) is 3.61. The molecule has 1 atom stereocenters. The fourth-order valence-corrected chi connectivity index (χ4v) is 1.96. The molecule has 0 amide bonds. The van der Waals surface area contributed by atoms with Crippen LogP contribution in [0.3, 0.4) is 0 Å². The molecule has 0 spiro atoms. The highest BCUT2D eigenvalue weighted by atomic mass is 79.9. The fraction of sp³-hybridized carbons (Fsp3) is 0.444. The molecule has 0 saturated carbocycles. The second kappa shape index (κ2) is 4.17. The molecule has 70 valence electrons. The van der Waals surface area contributed by atoms with Gasteiger partial charge in [-0.15, -0.1) is 0 Å². The van der Waals surface area contributed by atoms with E-state index in [-0.39, 0.29) is 0 Å². The standard InChI is InChI=1S/C9H11BrN2O/c10-8-5-11-2-1-7(8)9-6-13-4-3-12-9/h1-2,5,9,12H,3-4,6H2. The Morgan fingerprint density at radius 3 is 3.23 bits per heavy atom. The molecule has 1 unspecified atom stereocenters. The van der Waals surface area contributed by atoms with E-state index < -0.39 is 0 Å². The summed E-state index contributed by atoms with van der Waals surface area (Å²) in [5.74, 6) is 0. The average Bonchev–Trinajstić information content (AvgIpc) is 2.20. The van der Waals surface area contributed by atoms with Crippen molar-refractivity contribution in [3.05, 3.63) is 28.5 Å². The van der Waals surface area contributed by atoms with Gasteiger partial charge < -0.3 is 10.1 Å². The van der Waals surface area contributed by atoms with Crippen molar-refractivity contribution >= 4 is 15.9 Å². The van der Waals surface area contributed by atoms with Crippen LogP contribution in [0.25, 0.3) is 0 Å². The van der Waals surface area contributed by atoms with Crippen molar-refractivity contribution in [1.29, 1.82) is 0 Å². The second-order valence-electron chi connectivity index (χ2n) is 2.98. The third-order valence-corrected chi connectivity index (χ3v) is 2.76. The molecule has 0 aliphatic carbocycles. The molecule has 2 heterocycles. The van der Waals surface area contributed by atoms with Gasteiger partial charge in [0.2, 0.25) is 0 Å². The average molecular weight is 243 g/mol. The van der Waals surface area contributed by atoms with E-state index >= 15 is 0 Å². The van der Waals surface area contributed by atoms with Crippen LogP contribution in [0, 0.1) is 0 Å². The van der Waals surface area contributed by atoms with Crippen molar-refractivity contribution in [2.24, 2.45) is 0 Å². The molecule has 1 aromatic rings. The molecule has 3 nitrogen and oxygen atoms in total. The van der Waals surface area contributed by atoms with Crippen molar-refractivity contribution in [2.45, 2.75) is 6.04 Å². The summed E-state index contributed by atoms with van der Waals surface area (Å²) in [5.41, 5.74) is 1.22. The largest absolute Gasteiger partial charge is 0.378 e. The Kier molecular flexibility index (Phi) is 2.93. The molecular formula is C9H11BrN2O. The summed E-state index contributed by atoms with van der Waals surface area (Å²) >= 11 is 3.47. The highest BCUT2D eigenvalue weighted by molar-refractivity contribution is 9.10. The van der Waals surface area contributed by atoms with Gasteiger partial charge in [-0.3, -0.25) is 4.98 Å². The lowest BCUT2D eigenvalue weighted by Gasteiger charge is -2.24. The minimum Gasteiger partial charge on any atom is -0.378 e. The topological polar surface area (TPSA) is 34.1 Å². The Balaban J connectivity index is 2.18. The first kappa shape index (κ1) is 9.12. The van der Waals surface area contributed by atoms with Gasteiger partial charge in [-0.1, -0.05) is 0 Å². The van der Waals surface area contributed by atoms with E-state index in [0.29, 0.717) is 6.04 Å². The van der Waals surface area contributed by atoms with Crippen LogP contribution >= 0.6 is 15.9 Å². The fourth-order valence-electron chi connectivity index (χ4n) is 1.43. The summed E-state index contributed by atoms with van der Waals surface area (Å²) in [5, 5.41) is 3.39. The zero-order valence-electron chi connectivity index (χ0n) is 7.16. The predicted octanol–water partition coefficient (Wildman–Crippen LogP) is 1.50. The van der Waals surface area contributed by atoms with Gasteiger partial charge in [0, 0.05) is 23.4 Å². The summed E-state index contributed by atoms with van der Waals surface area (Å²) in [6, 6.07) is 2.31. The Morgan fingerprint density at radius 1 is 1.62 bits per heavy atom. The number of hydrogen-bond acceptors (Lipinski definition) is 3. The van der Waals surface area contributed by atoms with Crippen LogP contribution in [0.5, 0.6) is 0 Å². The number of rotatable bonds is 1. The van der Waals surface area contributed by atoms with E-state index in [1.807, 2.05) is 12.3 Å². The zero-order valence-corrected chi connectivity index (χ0v) is 8.75. The Morgan fingerprint density at radius 2 is 2.54 bits per heavy atom. The van der Waals surface area contributed by atoms with E-state index in [2.05, 4.69) is 26.2 Å². The third kappa shape index (κ3) is 2.07. The second-order valence-corrected chi connectivity index (χ2v) is 3.83. The van der Waals surface area contributed by atoms with Gasteiger partial charge in [0.15, 0.2) is 0 Å². The number of pyridine rings is 1. The van der Waals surface area contributed by atoms with Crippen molar-refractivity contribution < 1.29 is 4.74 Å². The number of nitrogens with one attached hydrogen (secondary N) is 1. The number of nitrogens with zero attached hydrogens (tertiary/aromatic N) is 1. The first-order chi connectivity index (χ1) is 6.38. The maximum atomic E-state index is 5.39. The van der Waals surface area contributed by atoms with Gasteiger partial charge in [0.25, 0.3) is 0 Å². The molecule has 1 aromatic heterocycles. The Labute approximate surface area is 85.6 Å². The van der Waals surface area contributed by atoms with E-state index in [0.717, 1.165) is 24.2 Å². The van der Waals surface area contributed by atoms with Crippen molar-refractivity contribution in [3.63, 3.8) is 0 Å². The van der Waals surface area contributed by atoms with Gasteiger partial charge in [-0.05, 0) is 27.6 Å². The van der Waals surface area contributed by atoms with Gasteiger partial charge in [-0.25, -0.2) is 0 Å². The lowest BCUT2D eigenvalue weighted by molar-refractivity contribution is 0.0766. The molecule has 0 bridgehead atoms. The van der Waals surface area contributed by atoms with Crippen LogP contribution in [0.4, 0.5) is 0 Å². The van der Waals surface area contributed by atoms with E-state index in [1.54, 1.807) is 6.20 Å². The maximum absolute atomic E-state index is 5.39. The minimum absolute atomic E-state index is 0.297. The van der Waals surface area contributed by atoms with Crippen LogP contribution in [0.15, 0.2) is 22.9 Å². The maximum Gasteiger partial charge on any atom is 0.0662 e. The molecule has 13 heavy (non-hydrogen) atoms. The van der Waals surface area contributed by atoms with Gasteiger partial charge in [-0.2, -0.15) is 0 Å². The molecule has 1 N–H and O–H groups in total. The van der Waals surface area contributed by atoms with Crippen LogP contribution in [0.2, 0.25) is 0 Å². The van der Waals surface area contributed by atoms with E-state index in [1.165, 1.54) is 5.56 Å². The lowest BCUT2D eigenvalue weighted by atomic mass is 10.1. The first-order valence-corrected chi connectivity index (χ1v) is 5.08. The molecular weight excluding hydrogens is 232 g/mol. The van der Waals surface area contributed by atoms with Gasteiger partial charge in [0.05, 0.1) is 19.3 Å². The summed E-state index contributed by atoms with van der Waals surface area (Å²) in [6.45, 7) is 2.46. The third-order valence-electron chi connectivity index (χ3n) is 2.10. The van der Waals surface area contributed by atoms with Crippen LogP contribution < -0.4 is 5.32 Å². The SMILES string of the molecule is Brc1cnccc1C1COCCN1. The van der Waals surface area contributed by atoms with Crippen molar-refractivity contribution in [1.82, 2.24) is 10.3 Å². The van der Waals surface area contributed by atoms with Crippen molar-refractivity contribution in [2.75, 3.05) is 19.8 Å². The summed E-state index contributed by atoms with van der Waals surface area (Å²) in [4.78, 5) is 4.02. The Bertz CT molecular complexity index is 287. The molecule has 1 fully saturated rings. The minimum atomic E-state index is 0.297. The molecule has 0 aromatic carbocycles. The van der Waals surface area contributed by atoms with Crippen LogP contribution in [-0.2, 0) is 4.74 Å². The zero-order chi connectivity index (χ0) is 9.10. The molecule has 1 aliphatic heterocycles. The molecule has 2 rings (SSSR count). The first-order valence-electron chi connectivity index (χ1n) is 4.28. The number of aromatic nitrogens is 1. The molecule has 4 heteroatoms. The smallest absolute Gasteiger partial charge is 0.0662 e. The Hall–Kier alpha value is -0.450. The summed E-state index contributed by atoms with van der Waals surface area (Å²) in [7, 11) is 0. The monoisotopic (exact) mass is 242 g/mol. The number of ether oxygens (including phenoxy) is 1. The number of halogens is 1. The highest BCUT2D eigenvalue weighted by Gasteiger charge is 2.16. The molecule has 1 saturated heterocycles. The van der Waals surface area contributed by atoms with E-state index in [4.69, 9.17) is 4.74 Å². The number of hydrogen-bond donors (Lipinski definition) is 1. The summed E-state index contributed by atoms with van der Waals surface area (Å²) < 4.78 is 6.43. The quantitative estimate of drug-likeness (QED) is 0.811. The normalized spacial score (nSPS) is 23.0. The molecule has 0 radical (unpaired) electrons. The number of morpholine rings is 1.